The van der Waals surface area contributed by atoms with Gasteiger partial charge in [0.1, 0.15) is 17.2 Å². The van der Waals surface area contributed by atoms with E-state index in [4.69, 9.17) is 9.47 Å². The number of benzene rings is 2. The van der Waals surface area contributed by atoms with Crippen molar-refractivity contribution in [2.75, 3.05) is 11.8 Å². The Hall–Kier alpha value is -3.33. The second-order valence-electron chi connectivity index (χ2n) is 7.70. The minimum Gasteiger partial charge on any atom is -0.494 e. The molecule has 0 spiro atoms. The predicted octanol–water partition coefficient (Wildman–Crippen LogP) is 3.93. The van der Waals surface area contributed by atoms with Gasteiger partial charge in [0.15, 0.2) is 5.75 Å². The topological polar surface area (TPSA) is 99.5 Å². The number of anilines is 1. The SMILES string of the molecule is COc1cc(=O)n(C)nc1-c1cc(NS(=O)(=O)C2CCCC2)ccc1Oc1ccccc1. The van der Waals surface area contributed by atoms with Gasteiger partial charge in [0.05, 0.1) is 17.9 Å². The summed E-state index contributed by atoms with van der Waals surface area (Å²) < 4.78 is 41.0. The van der Waals surface area contributed by atoms with Gasteiger partial charge in [0.25, 0.3) is 5.56 Å². The molecule has 1 aliphatic carbocycles. The zero-order valence-corrected chi connectivity index (χ0v) is 18.8. The van der Waals surface area contributed by atoms with Crippen molar-refractivity contribution >= 4 is 15.7 Å². The average Bonchev–Trinajstić information content (AvgIpc) is 3.33. The van der Waals surface area contributed by atoms with E-state index in [1.807, 2.05) is 30.3 Å². The van der Waals surface area contributed by atoms with Crippen LogP contribution in [-0.4, -0.2) is 30.6 Å². The molecule has 0 bridgehead atoms. The number of hydrogen-bond acceptors (Lipinski definition) is 6. The number of para-hydroxylation sites is 1. The third-order valence-corrected chi connectivity index (χ3v) is 7.35. The van der Waals surface area contributed by atoms with E-state index in [1.165, 1.54) is 24.9 Å². The predicted molar refractivity (Wildman–Crippen MR) is 123 cm³/mol. The number of methoxy groups -OCH3 is 1. The summed E-state index contributed by atoms with van der Waals surface area (Å²) >= 11 is 0. The number of ether oxygens (including phenoxy) is 2. The molecule has 0 amide bonds. The standard InChI is InChI=1S/C23H25N3O5S/c1-26-22(27)15-21(30-2)23(24-26)19-14-16(25-32(28,29)18-10-6-7-11-18)12-13-20(19)31-17-8-4-3-5-9-17/h3-5,8-9,12-15,18,25H,6-7,10-11H2,1-2H3. The van der Waals surface area contributed by atoms with Crippen LogP contribution in [0.2, 0.25) is 0 Å². The fraction of sp³-hybridized carbons (Fsp3) is 0.304. The van der Waals surface area contributed by atoms with Crippen LogP contribution >= 0.6 is 0 Å². The minimum absolute atomic E-state index is 0.266. The lowest BCUT2D eigenvalue weighted by molar-refractivity contribution is 0.409. The number of hydrogen-bond donors (Lipinski definition) is 1. The lowest BCUT2D eigenvalue weighted by atomic mass is 10.1. The Morgan fingerprint density at radius 1 is 1.03 bits per heavy atom. The van der Waals surface area contributed by atoms with Gasteiger partial charge in [-0.15, -0.1) is 0 Å². The summed E-state index contributed by atoms with van der Waals surface area (Å²) in [4.78, 5) is 12.1. The zero-order chi connectivity index (χ0) is 22.7. The first-order valence-corrected chi connectivity index (χ1v) is 11.9. The fourth-order valence-electron chi connectivity index (χ4n) is 3.79. The van der Waals surface area contributed by atoms with Crippen molar-refractivity contribution in [3.8, 4) is 28.5 Å². The highest BCUT2D eigenvalue weighted by molar-refractivity contribution is 7.93. The maximum absolute atomic E-state index is 12.8. The molecule has 9 heteroatoms. The van der Waals surface area contributed by atoms with Crippen molar-refractivity contribution in [3.05, 3.63) is 65.0 Å². The molecular formula is C23H25N3O5S. The van der Waals surface area contributed by atoms with Gasteiger partial charge in [-0.05, 0) is 43.2 Å². The highest BCUT2D eigenvalue weighted by Crippen LogP contribution is 2.38. The van der Waals surface area contributed by atoms with E-state index >= 15 is 0 Å². The maximum Gasteiger partial charge on any atom is 0.270 e. The summed E-state index contributed by atoms with van der Waals surface area (Å²) in [5, 5.41) is 3.96. The molecule has 8 nitrogen and oxygen atoms in total. The molecule has 2 aromatic carbocycles. The monoisotopic (exact) mass is 455 g/mol. The molecule has 0 unspecified atom stereocenters. The van der Waals surface area contributed by atoms with E-state index in [0.29, 0.717) is 41.3 Å². The molecule has 3 aromatic rings. The summed E-state index contributed by atoms with van der Waals surface area (Å²) in [5.74, 6) is 1.32. The summed E-state index contributed by atoms with van der Waals surface area (Å²) in [6.45, 7) is 0. The largest absolute Gasteiger partial charge is 0.494 e. The Balaban J connectivity index is 1.80. The van der Waals surface area contributed by atoms with Crippen LogP contribution in [0.1, 0.15) is 25.7 Å². The summed E-state index contributed by atoms with van der Waals surface area (Å²) in [6.07, 6.45) is 3.15. The Labute approximate surface area is 186 Å². The second-order valence-corrected chi connectivity index (χ2v) is 9.66. The number of sulfonamides is 1. The minimum atomic E-state index is -3.51. The van der Waals surface area contributed by atoms with Crippen molar-refractivity contribution < 1.29 is 17.9 Å². The molecule has 1 aliphatic rings. The quantitative estimate of drug-likeness (QED) is 0.579. The molecule has 168 valence electrons. The van der Waals surface area contributed by atoms with Gasteiger partial charge < -0.3 is 9.47 Å². The van der Waals surface area contributed by atoms with Crippen molar-refractivity contribution in [3.63, 3.8) is 0 Å². The van der Waals surface area contributed by atoms with Crippen molar-refractivity contribution in [1.29, 1.82) is 0 Å². The van der Waals surface area contributed by atoms with Crippen LogP contribution in [0.3, 0.4) is 0 Å². The normalized spacial score (nSPS) is 14.3. The van der Waals surface area contributed by atoms with Gasteiger partial charge in [-0.1, -0.05) is 31.0 Å². The summed E-state index contributed by atoms with van der Waals surface area (Å²) in [5.41, 5.74) is 0.926. The van der Waals surface area contributed by atoms with Gasteiger partial charge >= 0.3 is 0 Å². The number of aryl methyl sites for hydroxylation is 1. The van der Waals surface area contributed by atoms with Crippen LogP contribution in [0.25, 0.3) is 11.3 Å². The van der Waals surface area contributed by atoms with Crippen molar-refractivity contribution in [1.82, 2.24) is 9.78 Å². The summed E-state index contributed by atoms with van der Waals surface area (Å²) in [6, 6.07) is 15.5. The van der Waals surface area contributed by atoms with E-state index in [1.54, 1.807) is 18.2 Å². The first kappa shape index (κ1) is 21.9. The molecule has 0 aliphatic heterocycles. The van der Waals surface area contributed by atoms with Crippen LogP contribution < -0.4 is 19.8 Å². The molecule has 1 aromatic heterocycles. The van der Waals surface area contributed by atoms with Crippen LogP contribution in [0.15, 0.2) is 59.4 Å². The molecule has 32 heavy (non-hydrogen) atoms. The van der Waals surface area contributed by atoms with Crippen LogP contribution in [0.5, 0.6) is 17.2 Å². The summed E-state index contributed by atoms with van der Waals surface area (Å²) in [7, 11) is -0.526. The molecule has 1 N–H and O–H groups in total. The Morgan fingerprint density at radius 2 is 1.75 bits per heavy atom. The first-order valence-electron chi connectivity index (χ1n) is 10.4. The van der Waals surface area contributed by atoms with Crippen LogP contribution in [0, 0.1) is 0 Å². The molecule has 0 atom stereocenters. The Bertz CT molecular complexity index is 1270. The van der Waals surface area contributed by atoms with Gasteiger partial charge in [-0.3, -0.25) is 9.52 Å². The van der Waals surface area contributed by atoms with E-state index in [-0.39, 0.29) is 11.3 Å². The highest BCUT2D eigenvalue weighted by Gasteiger charge is 2.29. The van der Waals surface area contributed by atoms with Crippen molar-refractivity contribution in [2.45, 2.75) is 30.9 Å². The average molecular weight is 456 g/mol. The highest BCUT2D eigenvalue weighted by atomic mass is 32.2. The molecule has 1 fully saturated rings. The second kappa shape index (κ2) is 9.04. The Morgan fingerprint density at radius 3 is 2.44 bits per heavy atom. The van der Waals surface area contributed by atoms with E-state index in [2.05, 4.69) is 9.82 Å². The third-order valence-electron chi connectivity index (χ3n) is 5.48. The lowest BCUT2D eigenvalue weighted by Gasteiger charge is -2.17. The Kier molecular flexibility index (Phi) is 6.18. The first-order chi connectivity index (χ1) is 15.4. The van der Waals surface area contributed by atoms with Crippen LogP contribution in [0.4, 0.5) is 5.69 Å². The number of nitrogens with one attached hydrogen (secondary N) is 1. The van der Waals surface area contributed by atoms with E-state index in [9.17, 15) is 13.2 Å². The van der Waals surface area contributed by atoms with Gasteiger partial charge in [-0.25, -0.2) is 13.1 Å². The molecule has 1 saturated carbocycles. The molecule has 4 rings (SSSR count). The number of nitrogens with zero attached hydrogens (tertiary/aromatic N) is 2. The molecule has 1 heterocycles. The van der Waals surface area contributed by atoms with Crippen LogP contribution in [-0.2, 0) is 17.1 Å². The fourth-order valence-corrected chi connectivity index (χ4v) is 5.37. The van der Waals surface area contributed by atoms with Gasteiger partial charge in [0.2, 0.25) is 10.0 Å². The lowest BCUT2D eigenvalue weighted by Crippen LogP contribution is -2.25. The zero-order valence-electron chi connectivity index (χ0n) is 17.9. The van der Waals surface area contributed by atoms with E-state index in [0.717, 1.165) is 12.8 Å². The number of aromatic nitrogens is 2. The van der Waals surface area contributed by atoms with Crippen molar-refractivity contribution in [2.24, 2.45) is 7.05 Å². The van der Waals surface area contributed by atoms with Gasteiger partial charge in [-0.2, -0.15) is 5.10 Å². The van der Waals surface area contributed by atoms with E-state index < -0.39 is 15.3 Å². The molecule has 0 radical (unpaired) electrons. The molecule has 0 saturated heterocycles. The molecular weight excluding hydrogens is 430 g/mol. The smallest absolute Gasteiger partial charge is 0.270 e. The van der Waals surface area contributed by atoms with Gasteiger partial charge in [0, 0.05) is 18.8 Å². The number of rotatable bonds is 7. The third kappa shape index (κ3) is 4.62. The maximum atomic E-state index is 12.8.